The zero-order valence-corrected chi connectivity index (χ0v) is 8.46. The standard InChI is InChI=1S/C9H19N3/c1-8(2)12-7-11-6-5-9(3,4)10/h8H,5-6,10H2,1-4H3. The highest BCUT2D eigenvalue weighted by atomic mass is 14.8. The second-order valence-electron chi connectivity index (χ2n) is 3.94. The molecule has 3 nitrogen and oxygen atoms in total. The van der Waals surface area contributed by atoms with Crippen LogP contribution in [0.1, 0.15) is 34.1 Å². The van der Waals surface area contributed by atoms with Gasteiger partial charge in [-0.25, -0.2) is 9.98 Å². The molecule has 0 rings (SSSR count). The quantitative estimate of drug-likeness (QED) is 0.640. The Balaban J connectivity index is 3.63. The van der Waals surface area contributed by atoms with Crippen LogP contribution >= 0.6 is 0 Å². The van der Waals surface area contributed by atoms with Gasteiger partial charge in [-0.1, -0.05) is 0 Å². The van der Waals surface area contributed by atoms with Crippen molar-refractivity contribution in [3.05, 3.63) is 0 Å². The first-order valence-corrected chi connectivity index (χ1v) is 4.32. The van der Waals surface area contributed by atoms with Gasteiger partial charge in [0.1, 0.15) is 0 Å². The van der Waals surface area contributed by atoms with Gasteiger partial charge in [0.05, 0.1) is 18.6 Å². The van der Waals surface area contributed by atoms with Crippen molar-refractivity contribution >= 4 is 6.01 Å². The highest BCUT2D eigenvalue weighted by molar-refractivity contribution is 5.41. The van der Waals surface area contributed by atoms with Crippen LogP contribution in [0.25, 0.3) is 0 Å². The zero-order valence-electron chi connectivity index (χ0n) is 8.46. The molecular formula is C9H19N3. The van der Waals surface area contributed by atoms with E-state index in [1.54, 1.807) is 0 Å². The third-order valence-corrected chi connectivity index (χ3v) is 1.25. The smallest absolute Gasteiger partial charge is 0.0895 e. The van der Waals surface area contributed by atoms with Gasteiger partial charge >= 0.3 is 0 Å². The topological polar surface area (TPSA) is 50.7 Å². The molecule has 0 aromatic carbocycles. The molecule has 2 N–H and O–H groups in total. The minimum Gasteiger partial charge on any atom is -0.325 e. The van der Waals surface area contributed by atoms with E-state index in [1.165, 1.54) is 0 Å². The third-order valence-electron chi connectivity index (χ3n) is 1.25. The van der Waals surface area contributed by atoms with E-state index in [4.69, 9.17) is 5.73 Å². The number of rotatable bonds is 4. The molecule has 0 aromatic heterocycles. The molecule has 0 fully saturated rings. The molecule has 0 heterocycles. The van der Waals surface area contributed by atoms with Gasteiger partial charge < -0.3 is 5.73 Å². The molecule has 0 aliphatic heterocycles. The maximum Gasteiger partial charge on any atom is 0.0895 e. The predicted molar refractivity (Wildman–Crippen MR) is 52.7 cm³/mol. The van der Waals surface area contributed by atoms with Crippen LogP contribution < -0.4 is 5.73 Å². The summed E-state index contributed by atoms with van der Waals surface area (Å²) in [6, 6.07) is 2.93. The Morgan fingerprint density at radius 3 is 2.42 bits per heavy atom. The molecule has 0 saturated carbocycles. The molecule has 3 heteroatoms. The van der Waals surface area contributed by atoms with Crippen LogP contribution in [0.3, 0.4) is 0 Å². The van der Waals surface area contributed by atoms with Gasteiger partial charge in [-0.3, -0.25) is 0 Å². The summed E-state index contributed by atoms with van der Waals surface area (Å²) in [6.07, 6.45) is 0.869. The Kier molecular flexibility index (Phi) is 4.79. The largest absolute Gasteiger partial charge is 0.325 e. The van der Waals surface area contributed by atoms with Crippen LogP contribution in [0, 0.1) is 0 Å². The second-order valence-corrected chi connectivity index (χ2v) is 3.94. The van der Waals surface area contributed by atoms with Crippen molar-refractivity contribution in [2.45, 2.75) is 45.7 Å². The predicted octanol–water partition coefficient (Wildman–Crippen LogP) is 1.70. The van der Waals surface area contributed by atoms with Gasteiger partial charge in [0.25, 0.3) is 0 Å². The van der Waals surface area contributed by atoms with Crippen LogP contribution in [0.15, 0.2) is 9.98 Å². The molecule has 12 heavy (non-hydrogen) atoms. The van der Waals surface area contributed by atoms with Crippen LogP contribution in [0.4, 0.5) is 0 Å². The van der Waals surface area contributed by atoms with Crippen molar-refractivity contribution in [2.75, 3.05) is 6.54 Å². The van der Waals surface area contributed by atoms with Crippen LogP contribution in [-0.2, 0) is 0 Å². The molecule has 0 aromatic rings. The monoisotopic (exact) mass is 169 g/mol. The summed E-state index contributed by atoms with van der Waals surface area (Å²) >= 11 is 0. The summed E-state index contributed by atoms with van der Waals surface area (Å²) < 4.78 is 0. The number of nitrogens with two attached hydrogens (primary N) is 1. The summed E-state index contributed by atoms with van der Waals surface area (Å²) in [5.74, 6) is 0. The lowest BCUT2D eigenvalue weighted by Crippen LogP contribution is -2.32. The fraction of sp³-hybridized carbons (Fsp3) is 0.889. The number of hydrogen-bond donors (Lipinski definition) is 1. The van der Waals surface area contributed by atoms with E-state index in [1.807, 2.05) is 27.7 Å². The first kappa shape index (κ1) is 11.3. The van der Waals surface area contributed by atoms with E-state index in [0.29, 0.717) is 6.54 Å². The summed E-state index contributed by atoms with van der Waals surface area (Å²) in [6.45, 7) is 8.68. The lowest BCUT2D eigenvalue weighted by Gasteiger charge is -2.15. The van der Waals surface area contributed by atoms with Crippen LogP contribution in [0.2, 0.25) is 0 Å². The molecule has 0 unspecified atom stereocenters. The van der Waals surface area contributed by atoms with Crippen molar-refractivity contribution in [3.63, 3.8) is 0 Å². The van der Waals surface area contributed by atoms with Crippen LogP contribution in [0.5, 0.6) is 0 Å². The van der Waals surface area contributed by atoms with Gasteiger partial charge in [-0.05, 0) is 34.1 Å². The van der Waals surface area contributed by atoms with Crippen molar-refractivity contribution in [2.24, 2.45) is 15.7 Å². The molecule has 0 aliphatic carbocycles. The number of hydrogen-bond acceptors (Lipinski definition) is 3. The van der Waals surface area contributed by atoms with Gasteiger partial charge in [0.15, 0.2) is 0 Å². The molecule has 0 spiro atoms. The van der Waals surface area contributed by atoms with E-state index in [9.17, 15) is 0 Å². The van der Waals surface area contributed by atoms with Crippen molar-refractivity contribution in [1.29, 1.82) is 0 Å². The Bertz CT molecular complexity index is 171. The lowest BCUT2D eigenvalue weighted by atomic mass is 10.0. The van der Waals surface area contributed by atoms with Gasteiger partial charge in [0.2, 0.25) is 0 Å². The SMILES string of the molecule is CC(C)N=C=NCCC(C)(C)N. The van der Waals surface area contributed by atoms with Gasteiger partial charge in [0, 0.05) is 5.54 Å². The fourth-order valence-corrected chi connectivity index (χ4v) is 0.550. The van der Waals surface area contributed by atoms with Crippen molar-refractivity contribution < 1.29 is 0 Å². The van der Waals surface area contributed by atoms with Crippen molar-refractivity contribution in [3.8, 4) is 0 Å². The fourth-order valence-electron chi connectivity index (χ4n) is 0.550. The number of nitrogens with zero attached hydrogens (tertiary/aromatic N) is 2. The highest BCUT2D eigenvalue weighted by Gasteiger charge is 2.08. The summed E-state index contributed by atoms with van der Waals surface area (Å²) in [7, 11) is 0. The first-order valence-electron chi connectivity index (χ1n) is 4.32. The second kappa shape index (κ2) is 5.07. The van der Waals surface area contributed by atoms with Crippen molar-refractivity contribution in [1.82, 2.24) is 0 Å². The van der Waals surface area contributed by atoms with E-state index in [0.717, 1.165) is 6.42 Å². The Morgan fingerprint density at radius 2 is 2.00 bits per heavy atom. The van der Waals surface area contributed by atoms with E-state index in [-0.39, 0.29) is 11.6 Å². The average molecular weight is 169 g/mol. The zero-order chi connectivity index (χ0) is 9.61. The van der Waals surface area contributed by atoms with Gasteiger partial charge in [-0.2, -0.15) is 0 Å². The van der Waals surface area contributed by atoms with E-state index >= 15 is 0 Å². The lowest BCUT2D eigenvalue weighted by molar-refractivity contribution is 0.485. The number of aliphatic imine (C=N–C) groups is 2. The minimum absolute atomic E-state index is 0.136. The summed E-state index contributed by atoms with van der Waals surface area (Å²) in [4.78, 5) is 7.99. The molecule has 0 amide bonds. The molecule has 0 atom stereocenters. The van der Waals surface area contributed by atoms with Gasteiger partial charge in [-0.15, -0.1) is 0 Å². The maximum atomic E-state index is 5.76. The molecular weight excluding hydrogens is 150 g/mol. The first-order chi connectivity index (χ1) is 5.42. The molecule has 0 radical (unpaired) electrons. The maximum absolute atomic E-state index is 5.76. The molecule has 0 aliphatic rings. The summed E-state index contributed by atoms with van der Waals surface area (Å²) in [5.41, 5.74) is 5.62. The molecule has 0 bridgehead atoms. The normalized spacial score (nSPS) is 11.2. The highest BCUT2D eigenvalue weighted by Crippen LogP contribution is 2.01. The van der Waals surface area contributed by atoms with Crippen LogP contribution in [-0.4, -0.2) is 24.1 Å². The molecule has 0 saturated heterocycles. The average Bonchev–Trinajstić information content (AvgIpc) is 1.83. The Morgan fingerprint density at radius 1 is 1.42 bits per heavy atom. The minimum atomic E-state index is -0.136. The molecule has 70 valence electrons. The Hall–Kier alpha value is -0.660. The van der Waals surface area contributed by atoms with E-state index in [2.05, 4.69) is 16.0 Å². The summed E-state index contributed by atoms with van der Waals surface area (Å²) in [5, 5.41) is 0. The third kappa shape index (κ3) is 9.34. The van der Waals surface area contributed by atoms with E-state index < -0.39 is 0 Å². The Labute approximate surface area is 74.8 Å².